The molecule has 9 aromatic rings. The van der Waals surface area contributed by atoms with Crippen molar-refractivity contribution < 1.29 is 0 Å². The van der Waals surface area contributed by atoms with Gasteiger partial charge in [-0.3, -0.25) is 4.57 Å². The van der Waals surface area contributed by atoms with Gasteiger partial charge in [0.1, 0.15) is 5.82 Å². The molecule has 9 rings (SSSR count). The third kappa shape index (κ3) is 5.28. The second-order valence-corrected chi connectivity index (χ2v) is 12.2. The number of para-hydroxylation sites is 1. The van der Waals surface area contributed by atoms with Gasteiger partial charge in [-0.15, -0.1) is 0 Å². The van der Waals surface area contributed by atoms with Crippen molar-refractivity contribution in [2.45, 2.75) is 0 Å². The fourth-order valence-corrected chi connectivity index (χ4v) is 6.86. The third-order valence-corrected chi connectivity index (χ3v) is 9.23. The van der Waals surface area contributed by atoms with E-state index in [0.29, 0.717) is 5.82 Å². The van der Waals surface area contributed by atoms with Crippen LogP contribution in [0.2, 0.25) is 0 Å². The minimum atomic E-state index is 0.689. The van der Waals surface area contributed by atoms with Crippen LogP contribution in [0.25, 0.3) is 83.6 Å². The van der Waals surface area contributed by atoms with Crippen LogP contribution in [0.3, 0.4) is 0 Å². The highest BCUT2D eigenvalue weighted by Crippen LogP contribution is 2.41. The first kappa shape index (κ1) is 28.6. The van der Waals surface area contributed by atoms with E-state index >= 15 is 0 Å². The van der Waals surface area contributed by atoms with E-state index in [1.54, 1.807) is 0 Å². The van der Waals surface area contributed by atoms with Crippen molar-refractivity contribution in [3.8, 4) is 61.8 Å². The summed E-state index contributed by atoms with van der Waals surface area (Å²) in [5.74, 6) is 1.51. The van der Waals surface area contributed by atoms with Crippen molar-refractivity contribution in [2.24, 2.45) is 0 Å². The van der Waals surface area contributed by atoms with E-state index < -0.39 is 0 Å². The molecule has 0 atom stereocenters. The molecule has 2 aromatic heterocycles. The highest BCUT2D eigenvalue weighted by molar-refractivity contribution is 6.17. The smallest absolute Gasteiger partial charge is 0.162 e. The molecule has 0 aliphatic carbocycles. The first-order valence-corrected chi connectivity index (χ1v) is 16.6. The lowest BCUT2D eigenvalue weighted by atomic mass is 9.94. The van der Waals surface area contributed by atoms with Crippen molar-refractivity contribution in [1.29, 1.82) is 0 Å². The summed E-state index contributed by atoms with van der Waals surface area (Å²) in [6.07, 6.45) is 0. The largest absolute Gasteiger partial charge is 0.294 e. The van der Waals surface area contributed by atoms with Gasteiger partial charge in [0.2, 0.25) is 0 Å². The molecule has 7 aromatic carbocycles. The first-order valence-electron chi connectivity index (χ1n) is 16.6. The monoisotopic (exact) mass is 625 g/mol. The fourth-order valence-electron chi connectivity index (χ4n) is 6.86. The summed E-state index contributed by atoms with van der Waals surface area (Å²) in [4.78, 5) is 10.4. The molecule has 0 spiro atoms. The minimum absolute atomic E-state index is 0.689. The molecule has 2 heterocycles. The van der Waals surface area contributed by atoms with Crippen molar-refractivity contribution in [3.05, 3.63) is 188 Å². The van der Waals surface area contributed by atoms with Gasteiger partial charge < -0.3 is 0 Å². The zero-order valence-corrected chi connectivity index (χ0v) is 26.7. The van der Waals surface area contributed by atoms with Crippen LogP contribution in [0.5, 0.6) is 0 Å². The van der Waals surface area contributed by atoms with Gasteiger partial charge in [0.15, 0.2) is 5.82 Å². The molecule has 49 heavy (non-hydrogen) atoms. The molecule has 3 nitrogen and oxygen atoms in total. The molecule has 230 valence electrons. The molecule has 3 heteroatoms. The molecule has 0 aliphatic rings. The Morgan fingerprint density at radius 1 is 0.347 bits per heavy atom. The van der Waals surface area contributed by atoms with E-state index in [1.807, 2.05) is 24.3 Å². The van der Waals surface area contributed by atoms with Crippen molar-refractivity contribution in [1.82, 2.24) is 14.5 Å². The van der Waals surface area contributed by atoms with Gasteiger partial charge in [-0.1, -0.05) is 164 Å². The maximum absolute atomic E-state index is 5.29. The molecule has 0 aliphatic heterocycles. The second kappa shape index (κ2) is 12.2. The van der Waals surface area contributed by atoms with E-state index in [4.69, 9.17) is 9.97 Å². The minimum Gasteiger partial charge on any atom is -0.294 e. The Morgan fingerprint density at radius 2 is 0.857 bits per heavy atom. The zero-order valence-electron chi connectivity index (χ0n) is 26.7. The predicted octanol–water partition coefficient (Wildman–Crippen LogP) is 11.9. The average molecular weight is 626 g/mol. The fraction of sp³-hybridized carbons (Fsp3) is 0. The number of benzene rings is 7. The molecular weight excluding hydrogens is 595 g/mol. The van der Waals surface area contributed by atoms with E-state index in [0.717, 1.165) is 39.2 Å². The van der Waals surface area contributed by atoms with Crippen molar-refractivity contribution in [3.63, 3.8) is 0 Å². The van der Waals surface area contributed by atoms with Gasteiger partial charge in [0.25, 0.3) is 0 Å². The maximum atomic E-state index is 5.29. The van der Waals surface area contributed by atoms with Crippen LogP contribution in [0.1, 0.15) is 0 Å². The summed E-state index contributed by atoms with van der Waals surface area (Å²) < 4.78 is 2.32. The van der Waals surface area contributed by atoms with Gasteiger partial charge in [-0.2, -0.15) is 0 Å². The molecule has 0 bridgehead atoms. The summed E-state index contributed by atoms with van der Waals surface area (Å²) in [5.41, 5.74) is 12.2. The van der Waals surface area contributed by atoms with Crippen molar-refractivity contribution in [2.75, 3.05) is 0 Å². The molecule has 0 fully saturated rings. The summed E-state index contributed by atoms with van der Waals surface area (Å²) in [5, 5.41) is 2.39. The predicted molar refractivity (Wildman–Crippen MR) is 204 cm³/mol. The Kier molecular flexibility index (Phi) is 7.14. The number of hydrogen-bond donors (Lipinski definition) is 0. The highest BCUT2D eigenvalue weighted by atomic mass is 15.1. The van der Waals surface area contributed by atoms with Gasteiger partial charge >= 0.3 is 0 Å². The van der Waals surface area contributed by atoms with Crippen LogP contribution >= 0.6 is 0 Å². The average Bonchev–Trinajstić information content (AvgIpc) is 3.53. The molecule has 0 saturated heterocycles. The first-order chi connectivity index (χ1) is 24.3. The van der Waals surface area contributed by atoms with E-state index in [2.05, 4.69) is 168 Å². The Labute approximate surface area is 285 Å². The lowest BCUT2D eigenvalue weighted by Crippen LogP contribution is -2.02. The van der Waals surface area contributed by atoms with Crippen LogP contribution in [0.4, 0.5) is 0 Å². The van der Waals surface area contributed by atoms with Crippen LogP contribution in [-0.2, 0) is 0 Å². The molecule has 0 amide bonds. The van der Waals surface area contributed by atoms with Gasteiger partial charge in [0, 0.05) is 28.0 Å². The van der Waals surface area contributed by atoms with Gasteiger partial charge in [-0.25, -0.2) is 9.97 Å². The van der Waals surface area contributed by atoms with E-state index in [1.165, 1.54) is 38.6 Å². The normalized spacial score (nSPS) is 11.3. The summed E-state index contributed by atoms with van der Waals surface area (Å²) in [7, 11) is 0. The van der Waals surface area contributed by atoms with Crippen LogP contribution in [0.15, 0.2) is 188 Å². The maximum Gasteiger partial charge on any atom is 0.162 e. The van der Waals surface area contributed by atoms with Gasteiger partial charge in [-0.05, 0) is 51.6 Å². The lowest BCUT2D eigenvalue weighted by molar-refractivity contribution is 1.05. The highest BCUT2D eigenvalue weighted by Gasteiger charge is 2.20. The Bertz CT molecular complexity index is 2560. The molecule has 0 unspecified atom stereocenters. The molecule has 0 N–H and O–H groups in total. The second-order valence-electron chi connectivity index (χ2n) is 12.2. The topological polar surface area (TPSA) is 30.7 Å². The number of fused-ring (bicyclic) bond motifs is 3. The van der Waals surface area contributed by atoms with Crippen LogP contribution in [0, 0.1) is 0 Å². The Morgan fingerprint density at radius 3 is 1.51 bits per heavy atom. The van der Waals surface area contributed by atoms with Crippen LogP contribution < -0.4 is 0 Å². The standard InChI is InChI=1S/C46H31N3/c1-5-15-32(16-6-1)34-25-27-36(28-26-34)41-31-44(48-46(47-41)37-21-11-4-12-22-37)49-42-24-14-13-23-39(42)45-40(35-19-9-3-10-20-35)29-38(30-43(45)49)33-17-7-2-8-18-33/h1-31H. The molecule has 0 radical (unpaired) electrons. The summed E-state index contributed by atoms with van der Waals surface area (Å²) >= 11 is 0. The lowest BCUT2D eigenvalue weighted by Gasteiger charge is -2.14. The third-order valence-electron chi connectivity index (χ3n) is 9.23. The summed E-state index contributed by atoms with van der Waals surface area (Å²) in [6.45, 7) is 0. The number of nitrogens with zero attached hydrogens (tertiary/aromatic N) is 3. The van der Waals surface area contributed by atoms with E-state index in [9.17, 15) is 0 Å². The Hall–Kier alpha value is -6.58. The number of aromatic nitrogens is 3. The zero-order chi connectivity index (χ0) is 32.6. The molecular formula is C46H31N3. The van der Waals surface area contributed by atoms with Gasteiger partial charge in [0.05, 0.1) is 16.7 Å². The quantitative estimate of drug-likeness (QED) is 0.184. The number of hydrogen-bond acceptors (Lipinski definition) is 2. The van der Waals surface area contributed by atoms with E-state index in [-0.39, 0.29) is 0 Å². The van der Waals surface area contributed by atoms with Crippen LogP contribution in [-0.4, -0.2) is 14.5 Å². The Balaban J connectivity index is 1.33. The summed E-state index contributed by atoms with van der Waals surface area (Å²) in [6, 6.07) is 66.2. The molecule has 0 saturated carbocycles. The SMILES string of the molecule is c1ccc(-c2ccc(-c3cc(-n4c5ccccc5c5c(-c6ccccc6)cc(-c6ccccc6)cc54)nc(-c4ccccc4)n3)cc2)cc1. The van der Waals surface area contributed by atoms with Crippen molar-refractivity contribution >= 4 is 21.8 Å². The number of rotatable bonds is 6.